The fourth-order valence-corrected chi connectivity index (χ4v) is 5.02. The van der Waals surface area contributed by atoms with Crippen LogP contribution in [0.2, 0.25) is 0 Å². The standard InChI is InChI=1S/C13H14N2O2S2/c14-7-9-1-3-10(4-2-9)13-15-11-5-6-19(16,17)8-12(11)18-13/h1-4H,5-8,14H2. The van der Waals surface area contributed by atoms with Gasteiger partial charge in [0.15, 0.2) is 9.84 Å². The fourth-order valence-electron chi connectivity index (χ4n) is 2.12. The van der Waals surface area contributed by atoms with Crippen LogP contribution in [0.4, 0.5) is 0 Å². The van der Waals surface area contributed by atoms with Crippen LogP contribution in [-0.4, -0.2) is 19.2 Å². The monoisotopic (exact) mass is 294 g/mol. The Labute approximate surface area is 116 Å². The van der Waals surface area contributed by atoms with Crippen molar-refractivity contribution in [2.24, 2.45) is 5.73 Å². The lowest BCUT2D eigenvalue weighted by molar-refractivity contribution is 0.591. The zero-order valence-corrected chi connectivity index (χ0v) is 11.9. The number of aryl methyl sites for hydroxylation is 1. The Balaban J connectivity index is 1.96. The highest BCUT2D eigenvalue weighted by atomic mass is 32.2. The second-order valence-electron chi connectivity index (χ2n) is 4.63. The SMILES string of the molecule is NCc1ccc(-c2nc3c(s2)CS(=O)(=O)CC3)cc1. The second-order valence-corrected chi connectivity index (χ2v) is 7.90. The molecule has 0 amide bonds. The van der Waals surface area contributed by atoms with Gasteiger partial charge in [-0.2, -0.15) is 0 Å². The minimum absolute atomic E-state index is 0.140. The Kier molecular flexibility index (Phi) is 3.16. The van der Waals surface area contributed by atoms with E-state index in [4.69, 9.17) is 5.73 Å². The molecule has 0 bridgehead atoms. The van der Waals surface area contributed by atoms with E-state index < -0.39 is 9.84 Å². The maximum atomic E-state index is 11.6. The maximum Gasteiger partial charge on any atom is 0.155 e. The molecule has 100 valence electrons. The number of hydrogen-bond acceptors (Lipinski definition) is 5. The number of nitrogens with zero attached hydrogens (tertiary/aromatic N) is 1. The van der Waals surface area contributed by atoms with Gasteiger partial charge in [0.25, 0.3) is 0 Å². The Morgan fingerprint density at radius 3 is 2.68 bits per heavy atom. The first-order valence-corrected chi connectivity index (χ1v) is 8.69. The van der Waals surface area contributed by atoms with Crippen LogP contribution in [0.15, 0.2) is 24.3 Å². The van der Waals surface area contributed by atoms with Gasteiger partial charge >= 0.3 is 0 Å². The van der Waals surface area contributed by atoms with Crippen molar-refractivity contribution in [1.29, 1.82) is 0 Å². The summed E-state index contributed by atoms with van der Waals surface area (Å²) in [7, 11) is -2.92. The third-order valence-electron chi connectivity index (χ3n) is 3.22. The average molecular weight is 294 g/mol. The zero-order valence-electron chi connectivity index (χ0n) is 10.3. The minimum Gasteiger partial charge on any atom is -0.326 e. The molecular formula is C13H14N2O2S2. The number of benzene rings is 1. The Morgan fingerprint density at radius 2 is 2.00 bits per heavy atom. The highest BCUT2D eigenvalue weighted by molar-refractivity contribution is 7.90. The summed E-state index contributed by atoms with van der Waals surface area (Å²) < 4.78 is 23.2. The molecule has 0 aliphatic carbocycles. The number of hydrogen-bond donors (Lipinski definition) is 1. The second kappa shape index (κ2) is 4.70. The molecule has 0 saturated heterocycles. The summed E-state index contributed by atoms with van der Waals surface area (Å²) in [6, 6.07) is 7.93. The van der Waals surface area contributed by atoms with Crippen molar-refractivity contribution in [2.75, 3.05) is 5.75 Å². The van der Waals surface area contributed by atoms with E-state index in [0.717, 1.165) is 26.7 Å². The molecule has 0 spiro atoms. The smallest absolute Gasteiger partial charge is 0.155 e. The van der Waals surface area contributed by atoms with Gasteiger partial charge in [0.05, 0.1) is 17.2 Å². The summed E-state index contributed by atoms with van der Waals surface area (Å²) in [6.45, 7) is 0.521. The van der Waals surface area contributed by atoms with Crippen LogP contribution < -0.4 is 5.73 Å². The molecule has 3 rings (SSSR count). The number of sulfone groups is 1. The van der Waals surface area contributed by atoms with E-state index in [1.165, 1.54) is 11.3 Å². The molecule has 2 N–H and O–H groups in total. The summed E-state index contributed by atoms with van der Waals surface area (Å²) in [4.78, 5) is 5.46. The molecule has 1 aliphatic rings. The molecular weight excluding hydrogens is 280 g/mol. The molecule has 0 radical (unpaired) electrons. The van der Waals surface area contributed by atoms with Gasteiger partial charge in [-0.15, -0.1) is 11.3 Å². The Bertz CT molecular complexity index is 703. The summed E-state index contributed by atoms with van der Waals surface area (Å²) in [5.41, 5.74) is 8.61. The van der Waals surface area contributed by atoms with Gasteiger partial charge in [0.1, 0.15) is 5.01 Å². The summed E-state index contributed by atoms with van der Waals surface area (Å²) in [5, 5.41) is 0.894. The van der Waals surface area contributed by atoms with Crippen molar-refractivity contribution < 1.29 is 8.42 Å². The number of aromatic nitrogens is 1. The van der Waals surface area contributed by atoms with Gasteiger partial charge < -0.3 is 5.73 Å². The molecule has 1 aromatic heterocycles. The van der Waals surface area contributed by atoms with Crippen molar-refractivity contribution in [3.63, 3.8) is 0 Å². The molecule has 0 unspecified atom stereocenters. The highest BCUT2D eigenvalue weighted by Crippen LogP contribution is 2.32. The van der Waals surface area contributed by atoms with Crippen molar-refractivity contribution in [3.05, 3.63) is 40.4 Å². The topological polar surface area (TPSA) is 73.0 Å². The van der Waals surface area contributed by atoms with Crippen LogP contribution in [-0.2, 0) is 28.6 Å². The van der Waals surface area contributed by atoms with E-state index in [1.807, 2.05) is 24.3 Å². The Hall–Kier alpha value is -1.24. The minimum atomic E-state index is -2.92. The van der Waals surface area contributed by atoms with Crippen molar-refractivity contribution in [2.45, 2.75) is 18.7 Å². The Morgan fingerprint density at radius 1 is 1.26 bits per heavy atom. The first-order chi connectivity index (χ1) is 9.07. The van der Waals surface area contributed by atoms with Crippen LogP contribution in [0.25, 0.3) is 10.6 Å². The fraction of sp³-hybridized carbons (Fsp3) is 0.308. The molecule has 1 aliphatic heterocycles. The largest absolute Gasteiger partial charge is 0.326 e. The molecule has 0 atom stereocenters. The third kappa shape index (κ3) is 2.56. The lowest BCUT2D eigenvalue weighted by atomic mass is 10.1. The van der Waals surface area contributed by atoms with E-state index in [1.54, 1.807) is 0 Å². The van der Waals surface area contributed by atoms with E-state index in [-0.39, 0.29) is 11.5 Å². The van der Waals surface area contributed by atoms with E-state index in [0.29, 0.717) is 13.0 Å². The van der Waals surface area contributed by atoms with Crippen LogP contribution in [0.3, 0.4) is 0 Å². The third-order valence-corrected chi connectivity index (χ3v) is 6.10. The normalized spacial score (nSPS) is 17.1. The predicted molar refractivity (Wildman–Crippen MR) is 76.6 cm³/mol. The summed E-state index contributed by atoms with van der Waals surface area (Å²) >= 11 is 1.48. The van der Waals surface area contributed by atoms with Gasteiger partial charge in [0.2, 0.25) is 0 Å². The van der Waals surface area contributed by atoms with Crippen LogP contribution >= 0.6 is 11.3 Å². The molecule has 1 aromatic carbocycles. The van der Waals surface area contributed by atoms with Gasteiger partial charge in [-0.05, 0) is 5.56 Å². The lowest BCUT2D eigenvalue weighted by Gasteiger charge is -2.09. The maximum absolute atomic E-state index is 11.6. The molecule has 6 heteroatoms. The van der Waals surface area contributed by atoms with Crippen LogP contribution in [0.1, 0.15) is 16.1 Å². The zero-order chi connectivity index (χ0) is 13.5. The number of thiazole rings is 1. The molecule has 4 nitrogen and oxygen atoms in total. The molecule has 0 saturated carbocycles. The number of rotatable bonds is 2. The van der Waals surface area contributed by atoms with Crippen molar-refractivity contribution in [3.8, 4) is 10.6 Å². The first kappa shape index (κ1) is 12.8. The number of fused-ring (bicyclic) bond motifs is 1. The molecule has 0 fully saturated rings. The van der Waals surface area contributed by atoms with E-state index >= 15 is 0 Å². The molecule has 2 heterocycles. The quantitative estimate of drug-likeness (QED) is 0.915. The average Bonchev–Trinajstić information content (AvgIpc) is 2.80. The van der Waals surface area contributed by atoms with E-state index in [2.05, 4.69) is 4.98 Å². The highest BCUT2D eigenvalue weighted by Gasteiger charge is 2.25. The number of nitrogens with two attached hydrogens (primary N) is 1. The molecule has 2 aromatic rings. The van der Waals surface area contributed by atoms with Gasteiger partial charge in [-0.1, -0.05) is 24.3 Å². The van der Waals surface area contributed by atoms with Crippen molar-refractivity contribution in [1.82, 2.24) is 4.98 Å². The van der Waals surface area contributed by atoms with Gasteiger partial charge in [0, 0.05) is 23.4 Å². The predicted octanol–water partition coefficient (Wildman–Crippen LogP) is 1.74. The van der Waals surface area contributed by atoms with Crippen LogP contribution in [0, 0.1) is 0 Å². The first-order valence-electron chi connectivity index (χ1n) is 6.06. The summed E-state index contributed by atoms with van der Waals surface area (Å²) in [5.74, 6) is 0.357. The van der Waals surface area contributed by atoms with Gasteiger partial charge in [-0.25, -0.2) is 13.4 Å². The summed E-state index contributed by atoms with van der Waals surface area (Å²) in [6.07, 6.45) is 0.537. The van der Waals surface area contributed by atoms with Crippen molar-refractivity contribution >= 4 is 21.2 Å². The van der Waals surface area contributed by atoms with Crippen LogP contribution in [0.5, 0.6) is 0 Å². The van der Waals surface area contributed by atoms with E-state index in [9.17, 15) is 8.42 Å². The molecule has 19 heavy (non-hydrogen) atoms. The lowest BCUT2D eigenvalue weighted by Crippen LogP contribution is -2.17. The van der Waals surface area contributed by atoms with Gasteiger partial charge in [-0.3, -0.25) is 0 Å².